The van der Waals surface area contributed by atoms with Gasteiger partial charge in [-0.2, -0.15) is 0 Å². The van der Waals surface area contributed by atoms with Crippen LogP contribution >= 0.6 is 0 Å². The highest BCUT2D eigenvalue weighted by atomic mass is 16.1. The minimum atomic E-state index is -0.0581. The van der Waals surface area contributed by atoms with Crippen LogP contribution in [0.1, 0.15) is 13.3 Å². The molecule has 1 rings (SSSR count). The topological polar surface area (TPSA) is 79.5 Å². The molecule has 0 aliphatic carbocycles. The maximum absolute atomic E-state index is 10.6. The number of rotatable bonds is 1. The van der Waals surface area contributed by atoms with Crippen molar-refractivity contribution in [2.24, 2.45) is 10.7 Å². The maximum Gasteiger partial charge on any atom is 0.218 e. The van der Waals surface area contributed by atoms with Crippen LogP contribution in [0.2, 0.25) is 0 Å². The summed E-state index contributed by atoms with van der Waals surface area (Å²) in [5.41, 5.74) is 5.39. The Morgan fingerprint density at radius 2 is 2.64 bits per heavy atom. The van der Waals surface area contributed by atoms with E-state index >= 15 is 0 Å². The first-order valence-corrected chi connectivity index (χ1v) is 3.52. The van der Waals surface area contributed by atoms with E-state index in [9.17, 15) is 4.79 Å². The normalized spacial score (nSPS) is 23.4. The summed E-state index contributed by atoms with van der Waals surface area (Å²) in [4.78, 5) is 14.5. The van der Waals surface area contributed by atoms with E-state index in [0.717, 1.165) is 6.42 Å². The quantitative estimate of drug-likeness (QED) is 0.444. The van der Waals surface area contributed by atoms with Crippen LogP contribution in [0.5, 0.6) is 0 Å². The minimum absolute atomic E-state index is 0.0509. The van der Waals surface area contributed by atoms with Crippen LogP contribution < -0.4 is 16.4 Å². The van der Waals surface area contributed by atoms with E-state index in [4.69, 9.17) is 5.73 Å². The Morgan fingerprint density at radius 3 is 3.18 bits per heavy atom. The Labute approximate surface area is 65.1 Å². The summed E-state index contributed by atoms with van der Waals surface area (Å²) in [6.07, 6.45) is 0.741. The summed E-state index contributed by atoms with van der Waals surface area (Å²) in [6, 6.07) is 0. The molecule has 11 heavy (non-hydrogen) atoms. The lowest BCUT2D eigenvalue weighted by molar-refractivity contribution is -0.119. The van der Waals surface area contributed by atoms with Crippen LogP contribution in [0.25, 0.3) is 0 Å². The van der Waals surface area contributed by atoms with Gasteiger partial charge in [0.05, 0.1) is 0 Å². The second-order valence-corrected chi connectivity index (χ2v) is 2.45. The lowest BCUT2D eigenvalue weighted by Crippen LogP contribution is -2.52. The number of guanidine groups is 1. The largest absolute Gasteiger partial charge is 0.370 e. The van der Waals surface area contributed by atoms with Crippen molar-refractivity contribution in [3.8, 4) is 0 Å². The summed E-state index contributed by atoms with van der Waals surface area (Å²) in [5.74, 6) is 0.340. The lowest BCUT2D eigenvalue weighted by Gasteiger charge is -2.22. The third-order valence-electron chi connectivity index (χ3n) is 1.40. The van der Waals surface area contributed by atoms with E-state index < -0.39 is 0 Å². The molecule has 1 aliphatic heterocycles. The number of aliphatic imine (C=N–C) groups is 1. The number of carbonyl (C=O) groups is 1. The molecule has 4 N–H and O–H groups in total. The fourth-order valence-electron chi connectivity index (χ4n) is 0.964. The zero-order valence-electron chi connectivity index (χ0n) is 6.42. The molecule has 5 nitrogen and oxygen atoms in total. The van der Waals surface area contributed by atoms with Gasteiger partial charge >= 0.3 is 0 Å². The third-order valence-corrected chi connectivity index (χ3v) is 1.40. The Balaban J connectivity index is 2.38. The van der Waals surface area contributed by atoms with Crippen molar-refractivity contribution in [1.29, 1.82) is 0 Å². The van der Waals surface area contributed by atoms with E-state index in [1.54, 1.807) is 0 Å². The molecule has 0 aromatic carbocycles. The van der Waals surface area contributed by atoms with Crippen molar-refractivity contribution in [2.75, 3.05) is 6.54 Å². The highest BCUT2D eigenvalue weighted by molar-refractivity contribution is 5.80. The summed E-state index contributed by atoms with van der Waals surface area (Å²) >= 11 is 0. The number of nitrogens with zero attached hydrogens (tertiary/aromatic N) is 1. The molecule has 0 radical (unpaired) electrons. The fourth-order valence-corrected chi connectivity index (χ4v) is 0.964. The Morgan fingerprint density at radius 1 is 1.91 bits per heavy atom. The Bertz CT molecular complexity index is 189. The van der Waals surface area contributed by atoms with Crippen LogP contribution in [0, 0.1) is 0 Å². The second kappa shape index (κ2) is 3.23. The Hall–Kier alpha value is -1.26. The zero-order valence-corrected chi connectivity index (χ0v) is 6.42. The fraction of sp³-hybridized carbons (Fsp3) is 0.667. The van der Waals surface area contributed by atoms with E-state index in [-0.39, 0.29) is 12.1 Å². The molecule has 0 saturated carbocycles. The molecule has 1 unspecified atom stereocenters. The van der Waals surface area contributed by atoms with Gasteiger partial charge < -0.3 is 16.4 Å². The molecule has 5 heteroatoms. The SMILES string of the molecule is CC(=O)NC1CCN=C(N)N1. The van der Waals surface area contributed by atoms with Crippen molar-refractivity contribution in [3.63, 3.8) is 0 Å². The van der Waals surface area contributed by atoms with Crippen LogP contribution in [0.3, 0.4) is 0 Å². The second-order valence-electron chi connectivity index (χ2n) is 2.45. The molecule has 1 atom stereocenters. The monoisotopic (exact) mass is 156 g/mol. The highest BCUT2D eigenvalue weighted by Gasteiger charge is 2.12. The first kappa shape index (κ1) is 7.84. The molecule has 0 fully saturated rings. The molecule has 1 heterocycles. The van der Waals surface area contributed by atoms with Gasteiger partial charge in [0.25, 0.3) is 0 Å². The molecule has 1 amide bonds. The van der Waals surface area contributed by atoms with Gasteiger partial charge in [-0.3, -0.25) is 9.79 Å². The molecule has 0 aromatic rings. The summed E-state index contributed by atoms with van der Waals surface area (Å²) in [6.45, 7) is 2.15. The number of hydrogen-bond donors (Lipinski definition) is 3. The van der Waals surface area contributed by atoms with Crippen molar-refractivity contribution in [1.82, 2.24) is 10.6 Å². The van der Waals surface area contributed by atoms with E-state index in [1.807, 2.05) is 0 Å². The van der Waals surface area contributed by atoms with Gasteiger partial charge in [0.1, 0.15) is 6.17 Å². The summed E-state index contributed by atoms with van der Waals surface area (Å²) in [5, 5.41) is 5.54. The van der Waals surface area contributed by atoms with Crippen LogP contribution in [-0.4, -0.2) is 24.6 Å². The first-order valence-electron chi connectivity index (χ1n) is 3.52. The van der Waals surface area contributed by atoms with Gasteiger partial charge in [-0.1, -0.05) is 0 Å². The molecule has 0 aromatic heterocycles. The smallest absolute Gasteiger partial charge is 0.218 e. The number of amides is 1. The van der Waals surface area contributed by atoms with E-state index in [1.165, 1.54) is 6.92 Å². The summed E-state index contributed by atoms with van der Waals surface area (Å²) in [7, 11) is 0. The standard InChI is InChI=1S/C6H12N4O/c1-4(11)9-5-2-3-8-6(7)10-5/h5H,2-3H2,1H3,(H,9,11)(H3,7,8,10). The minimum Gasteiger partial charge on any atom is -0.370 e. The molecular weight excluding hydrogens is 144 g/mol. The predicted molar refractivity (Wildman–Crippen MR) is 41.8 cm³/mol. The van der Waals surface area contributed by atoms with Gasteiger partial charge in [-0.05, 0) is 0 Å². The van der Waals surface area contributed by atoms with Gasteiger partial charge in [0, 0.05) is 19.9 Å². The number of nitrogens with one attached hydrogen (secondary N) is 2. The maximum atomic E-state index is 10.6. The number of hydrogen-bond acceptors (Lipinski definition) is 4. The van der Waals surface area contributed by atoms with Gasteiger partial charge in [0.15, 0.2) is 5.96 Å². The average molecular weight is 156 g/mol. The first-order chi connectivity index (χ1) is 5.18. The Kier molecular flexibility index (Phi) is 2.30. The van der Waals surface area contributed by atoms with Crippen molar-refractivity contribution in [2.45, 2.75) is 19.5 Å². The van der Waals surface area contributed by atoms with Gasteiger partial charge in [-0.15, -0.1) is 0 Å². The lowest BCUT2D eigenvalue weighted by atomic mass is 10.3. The molecule has 0 spiro atoms. The predicted octanol–water partition coefficient (Wildman–Crippen LogP) is -1.24. The molecule has 0 bridgehead atoms. The van der Waals surface area contributed by atoms with Crippen LogP contribution in [0.15, 0.2) is 4.99 Å². The molecule has 62 valence electrons. The highest BCUT2D eigenvalue weighted by Crippen LogP contribution is 1.93. The summed E-state index contributed by atoms with van der Waals surface area (Å²) < 4.78 is 0. The zero-order chi connectivity index (χ0) is 8.27. The average Bonchev–Trinajstić information content (AvgIpc) is 1.85. The van der Waals surface area contributed by atoms with E-state index in [0.29, 0.717) is 12.5 Å². The van der Waals surface area contributed by atoms with Crippen molar-refractivity contribution >= 4 is 11.9 Å². The van der Waals surface area contributed by atoms with Crippen LogP contribution in [-0.2, 0) is 4.79 Å². The molecule has 0 saturated heterocycles. The number of nitrogens with two attached hydrogens (primary N) is 1. The van der Waals surface area contributed by atoms with Gasteiger partial charge in [-0.25, -0.2) is 0 Å². The molecule has 1 aliphatic rings. The van der Waals surface area contributed by atoms with Crippen molar-refractivity contribution in [3.05, 3.63) is 0 Å². The van der Waals surface area contributed by atoms with Crippen LogP contribution in [0.4, 0.5) is 0 Å². The molecular formula is C6H12N4O. The third kappa shape index (κ3) is 2.45. The van der Waals surface area contributed by atoms with E-state index in [2.05, 4.69) is 15.6 Å². The number of carbonyl (C=O) groups excluding carboxylic acids is 1. The van der Waals surface area contributed by atoms with Crippen molar-refractivity contribution < 1.29 is 4.79 Å². The van der Waals surface area contributed by atoms with Gasteiger partial charge in [0.2, 0.25) is 5.91 Å².